The average Bonchev–Trinajstić information content (AvgIpc) is 3.34. The van der Waals surface area contributed by atoms with E-state index in [2.05, 4.69) is 4.98 Å². The summed E-state index contributed by atoms with van der Waals surface area (Å²) in [5.41, 5.74) is 1.38. The number of amides is 2. The third kappa shape index (κ3) is 3.33. The zero-order chi connectivity index (χ0) is 19.7. The van der Waals surface area contributed by atoms with Gasteiger partial charge >= 0.3 is 0 Å². The molecule has 0 radical (unpaired) electrons. The van der Waals surface area contributed by atoms with Crippen molar-refractivity contribution in [2.45, 2.75) is 58.3 Å². The van der Waals surface area contributed by atoms with Crippen LogP contribution in [0.4, 0.5) is 0 Å². The fourth-order valence-electron chi connectivity index (χ4n) is 4.52. The summed E-state index contributed by atoms with van der Waals surface area (Å²) in [7, 11) is 0. The number of fused-ring (bicyclic) bond motifs is 1. The van der Waals surface area contributed by atoms with Gasteiger partial charge in [-0.3, -0.25) is 9.59 Å². The minimum absolute atomic E-state index is 0.0694. The molecular formula is C20H30N4O4. The number of piperidine rings is 1. The largest absolute Gasteiger partial charge is 0.347 e. The lowest BCUT2D eigenvalue weighted by molar-refractivity contribution is -0.181. The van der Waals surface area contributed by atoms with Crippen LogP contribution in [0.2, 0.25) is 0 Å². The Balaban J connectivity index is 1.57. The second-order valence-corrected chi connectivity index (χ2v) is 7.72. The van der Waals surface area contributed by atoms with Crippen LogP contribution in [0.15, 0.2) is 0 Å². The highest BCUT2D eigenvalue weighted by Gasteiger charge is 2.42. The van der Waals surface area contributed by atoms with E-state index in [0.717, 1.165) is 31.5 Å². The van der Waals surface area contributed by atoms with E-state index in [4.69, 9.17) is 9.47 Å². The lowest BCUT2D eigenvalue weighted by Gasteiger charge is -2.37. The van der Waals surface area contributed by atoms with E-state index in [1.807, 2.05) is 23.3 Å². The Morgan fingerprint density at radius 3 is 2.39 bits per heavy atom. The first-order valence-corrected chi connectivity index (χ1v) is 10.5. The summed E-state index contributed by atoms with van der Waals surface area (Å²) in [4.78, 5) is 34.4. The Kier molecular flexibility index (Phi) is 5.42. The minimum Gasteiger partial charge on any atom is -0.347 e. The van der Waals surface area contributed by atoms with E-state index >= 15 is 0 Å². The lowest BCUT2D eigenvalue weighted by Crippen LogP contribution is -2.47. The molecule has 4 rings (SSSR count). The van der Waals surface area contributed by atoms with Crippen molar-refractivity contribution in [3.63, 3.8) is 0 Å². The molecule has 0 aromatic carbocycles. The van der Waals surface area contributed by atoms with Crippen LogP contribution < -0.4 is 0 Å². The van der Waals surface area contributed by atoms with E-state index in [1.165, 1.54) is 0 Å². The first-order chi connectivity index (χ1) is 13.6. The van der Waals surface area contributed by atoms with Gasteiger partial charge in [-0.05, 0) is 33.1 Å². The second kappa shape index (κ2) is 7.83. The van der Waals surface area contributed by atoms with E-state index in [9.17, 15) is 9.59 Å². The second-order valence-electron chi connectivity index (χ2n) is 7.72. The van der Waals surface area contributed by atoms with Gasteiger partial charge in [0, 0.05) is 45.6 Å². The molecule has 154 valence electrons. The van der Waals surface area contributed by atoms with Crippen LogP contribution in [-0.4, -0.2) is 76.3 Å². The molecule has 0 aliphatic carbocycles. The van der Waals surface area contributed by atoms with E-state index in [1.54, 1.807) is 4.90 Å². The van der Waals surface area contributed by atoms with Crippen LogP contribution in [0, 0.1) is 0 Å². The number of hydrogen-bond donors (Lipinski definition) is 0. The lowest BCUT2D eigenvalue weighted by atomic mass is 10.0. The summed E-state index contributed by atoms with van der Waals surface area (Å²) in [5, 5.41) is 0. The molecule has 2 saturated heterocycles. The predicted molar refractivity (Wildman–Crippen MR) is 102 cm³/mol. The fraction of sp³-hybridized carbons (Fsp3) is 0.750. The van der Waals surface area contributed by atoms with Gasteiger partial charge in [-0.1, -0.05) is 0 Å². The van der Waals surface area contributed by atoms with Crippen LogP contribution in [-0.2, 0) is 22.4 Å². The number of likely N-dealkylation sites (tertiary alicyclic amines) is 1. The molecule has 8 nitrogen and oxygen atoms in total. The van der Waals surface area contributed by atoms with Gasteiger partial charge in [-0.2, -0.15) is 0 Å². The first-order valence-electron chi connectivity index (χ1n) is 10.5. The molecule has 1 aromatic heterocycles. The van der Waals surface area contributed by atoms with Crippen molar-refractivity contribution in [2.75, 3.05) is 39.4 Å². The van der Waals surface area contributed by atoms with Gasteiger partial charge in [0.05, 0.1) is 18.9 Å². The number of imidazole rings is 1. The standard InChI is InChI=1S/C20H30N4O4/c1-3-22(4-2)18(25)16-15-7-5-6-10-24(15)17(21-16)19(26)23-11-8-20(9-12-23)27-13-14-28-20/h3-14H2,1-2H3. The molecule has 3 aliphatic rings. The SMILES string of the molecule is CCN(CC)C(=O)c1nc(C(=O)N2CCC3(CC2)OCCO3)n2c1CCCC2. The fourth-order valence-corrected chi connectivity index (χ4v) is 4.52. The van der Waals surface area contributed by atoms with Gasteiger partial charge in [0.25, 0.3) is 11.8 Å². The molecule has 3 aliphatic heterocycles. The molecule has 1 spiro atoms. The van der Waals surface area contributed by atoms with E-state index in [0.29, 0.717) is 63.8 Å². The molecule has 1 aromatic rings. The zero-order valence-electron chi connectivity index (χ0n) is 16.9. The molecule has 0 bridgehead atoms. The number of ether oxygens (including phenoxy) is 2. The third-order valence-electron chi connectivity index (χ3n) is 6.19. The van der Waals surface area contributed by atoms with Crippen molar-refractivity contribution in [1.29, 1.82) is 0 Å². The maximum atomic E-state index is 13.3. The number of carbonyl (C=O) groups excluding carboxylic acids is 2. The van der Waals surface area contributed by atoms with Gasteiger partial charge in [-0.25, -0.2) is 4.98 Å². The van der Waals surface area contributed by atoms with Crippen molar-refractivity contribution < 1.29 is 19.1 Å². The number of carbonyl (C=O) groups is 2. The molecule has 0 N–H and O–H groups in total. The molecule has 28 heavy (non-hydrogen) atoms. The maximum Gasteiger partial charge on any atom is 0.289 e. The number of hydrogen-bond acceptors (Lipinski definition) is 5. The summed E-state index contributed by atoms with van der Waals surface area (Å²) < 4.78 is 13.5. The van der Waals surface area contributed by atoms with Gasteiger partial charge in [0.15, 0.2) is 11.6 Å². The highest BCUT2D eigenvalue weighted by molar-refractivity contribution is 5.97. The number of aromatic nitrogens is 2. The van der Waals surface area contributed by atoms with Crippen molar-refractivity contribution in [3.8, 4) is 0 Å². The predicted octanol–water partition coefficient (Wildman–Crippen LogP) is 1.68. The highest BCUT2D eigenvalue weighted by Crippen LogP contribution is 2.32. The smallest absolute Gasteiger partial charge is 0.289 e. The summed E-state index contributed by atoms with van der Waals surface area (Å²) in [6.45, 7) is 8.37. The van der Waals surface area contributed by atoms with Gasteiger partial charge in [0.1, 0.15) is 5.69 Å². The van der Waals surface area contributed by atoms with Gasteiger partial charge < -0.3 is 23.8 Å². The quantitative estimate of drug-likeness (QED) is 0.782. The highest BCUT2D eigenvalue weighted by atomic mass is 16.7. The van der Waals surface area contributed by atoms with Crippen LogP contribution in [0.25, 0.3) is 0 Å². The Morgan fingerprint density at radius 2 is 1.75 bits per heavy atom. The molecule has 0 atom stereocenters. The Morgan fingerprint density at radius 1 is 1.07 bits per heavy atom. The molecule has 4 heterocycles. The summed E-state index contributed by atoms with van der Waals surface area (Å²) in [6, 6.07) is 0. The van der Waals surface area contributed by atoms with Crippen molar-refractivity contribution in [3.05, 3.63) is 17.2 Å². The van der Waals surface area contributed by atoms with Crippen LogP contribution >= 0.6 is 0 Å². The molecule has 8 heteroatoms. The molecule has 2 fully saturated rings. The zero-order valence-corrected chi connectivity index (χ0v) is 16.9. The molecule has 0 unspecified atom stereocenters. The Hall–Kier alpha value is -1.93. The summed E-state index contributed by atoms with van der Waals surface area (Å²) in [6.07, 6.45) is 4.19. The minimum atomic E-state index is -0.507. The molecular weight excluding hydrogens is 360 g/mol. The average molecular weight is 390 g/mol. The number of rotatable bonds is 4. The van der Waals surface area contributed by atoms with E-state index in [-0.39, 0.29) is 11.8 Å². The monoisotopic (exact) mass is 390 g/mol. The maximum absolute atomic E-state index is 13.3. The van der Waals surface area contributed by atoms with Crippen molar-refractivity contribution in [1.82, 2.24) is 19.4 Å². The van der Waals surface area contributed by atoms with Crippen molar-refractivity contribution >= 4 is 11.8 Å². The third-order valence-corrected chi connectivity index (χ3v) is 6.19. The summed E-state index contributed by atoms with van der Waals surface area (Å²) >= 11 is 0. The molecule has 0 saturated carbocycles. The normalized spacial score (nSPS) is 21.0. The molecule has 2 amide bonds. The first kappa shape index (κ1) is 19.4. The van der Waals surface area contributed by atoms with Gasteiger partial charge in [-0.15, -0.1) is 0 Å². The summed E-state index contributed by atoms with van der Waals surface area (Å²) in [5.74, 6) is -0.254. The van der Waals surface area contributed by atoms with Crippen molar-refractivity contribution in [2.24, 2.45) is 0 Å². The van der Waals surface area contributed by atoms with Gasteiger partial charge in [0.2, 0.25) is 0 Å². The van der Waals surface area contributed by atoms with Crippen LogP contribution in [0.5, 0.6) is 0 Å². The Bertz CT molecular complexity index is 740. The Labute approximate surface area is 165 Å². The van der Waals surface area contributed by atoms with Crippen LogP contribution in [0.3, 0.4) is 0 Å². The van der Waals surface area contributed by atoms with E-state index < -0.39 is 5.79 Å². The topological polar surface area (TPSA) is 76.9 Å². The number of nitrogens with zero attached hydrogens (tertiary/aromatic N) is 4. The van der Waals surface area contributed by atoms with Crippen LogP contribution in [0.1, 0.15) is 66.3 Å².